The fraction of sp³-hybridized carbons (Fsp3) is 0.615. The summed E-state index contributed by atoms with van der Waals surface area (Å²) in [6.07, 6.45) is 3.74. The standard InChI is InChI=1S/C13H22N2O2/c1-3-11(4-2)15(8-9-16)10-13(17)12-6-5-7-14-12/h5-7,11,14,16H,3-4,8-10H2,1-2H3. The van der Waals surface area contributed by atoms with E-state index in [0.717, 1.165) is 12.8 Å². The van der Waals surface area contributed by atoms with Crippen molar-refractivity contribution in [3.8, 4) is 0 Å². The Morgan fingerprint density at radius 3 is 2.65 bits per heavy atom. The van der Waals surface area contributed by atoms with E-state index in [2.05, 4.69) is 23.7 Å². The van der Waals surface area contributed by atoms with Crippen molar-refractivity contribution in [3.63, 3.8) is 0 Å². The van der Waals surface area contributed by atoms with E-state index in [-0.39, 0.29) is 12.4 Å². The van der Waals surface area contributed by atoms with Crippen molar-refractivity contribution in [2.45, 2.75) is 32.7 Å². The SMILES string of the molecule is CCC(CC)N(CCO)CC(=O)c1ccc[nH]1. The molecule has 0 unspecified atom stereocenters. The molecule has 0 aliphatic rings. The van der Waals surface area contributed by atoms with Crippen molar-refractivity contribution >= 4 is 5.78 Å². The van der Waals surface area contributed by atoms with E-state index >= 15 is 0 Å². The summed E-state index contributed by atoms with van der Waals surface area (Å²) in [6.45, 7) is 5.23. The second kappa shape index (κ2) is 7.25. The van der Waals surface area contributed by atoms with Crippen LogP contribution in [0.2, 0.25) is 0 Å². The van der Waals surface area contributed by atoms with Gasteiger partial charge >= 0.3 is 0 Å². The van der Waals surface area contributed by atoms with Gasteiger partial charge < -0.3 is 10.1 Å². The van der Waals surface area contributed by atoms with Gasteiger partial charge in [0.2, 0.25) is 0 Å². The van der Waals surface area contributed by atoms with Gasteiger partial charge in [-0.3, -0.25) is 9.69 Å². The van der Waals surface area contributed by atoms with Crippen molar-refractivity contribution in [2.75, 3.05) is 19.7 Å². The maximum Gasteiger partial charge on any atom is 0.192 e. The van der Waals surface area contributed by atoms with E-state index in [9.17, 15) is 4.79 Å². The normalized spacial score (nSPS) is 11.4. The van der Waals surface area contributed by atoms with E-state index in [0.29, 0.717) is 24.8 Å². The van der Waals surface area contributed by atoms with Crippen molar-refractivity contribution in [2.24, 2.45) is 0 Å². The van der Waals surface area contributed by atoms with Crippen LogP contribution in [0.3, 0.4) is 0 Å². The molecular formula is C13H22N2O2. The fourth-order valence-corrected chi connectivity index (χ4v) is 2.10. The lowest BCUT2D eigenvalue weighted by molar-refractivity contribution is 0.0846. The number of nitrogens with one attached hydrogen (secondary N) is 1. The summed E-state index contributed by atoms with van der Waals surface area (Å²) in [5.74, 6) is 0.0790. The van der Waals surface area contributed by atoms with Crippen molar-refractivity contribution in [1.29, 1.82) is 0 Å². The predicted molar refractivity (Wildman–Crippen MR) is 68.2 cm³/mol. The number of carbonyl (C=O) groups is 1. The number of ketones is 1. The molecule has 0 bridgehead atoms. The molecule has 1 rings (SSSR count). The summed E-state index contributed by atoms with van der Waals surface area (Å²) in [5.41, 5.74) is 0.638. The molecule has 0 aliphatic carbocycles. The van der Waals surface area contributed by atoms with Crippen LogP contribution in [0.4, 0.5) is 0 Å². The van der Waals surface area contributed by atoms with Crippen LogP contribution in [0.15, 0.2) is 18.3 Å². The molecule has 1 aromatic rings. The van der Waals surface area contributed by atoms with Crippen LogP contribution in [-0.2, 0) is 0 Å². The smallest absolute Gasteiger partial charge is 0.192 e. The number of aromatic nitrogens is 1. The zero-order chi connectivity index (χ0) is 12.7. The first-order valence-electron chi connectivity index (χ1n) is 6.24. The number of H-pyrrole nitrogens is 1. The van der Waals surface area contributed by atoms with Crippen molar-refractivity contribution < 1.29 is 9.90 Å². The number of rotatable bonds is 8. The van der Waals surface area contributed by atoms with E-state index in [1.54, 1.807) is 12.3 Å². The number of aromatic amines is 1. The third kappa shape index (κ3) is 3.98. The van der Waals surface area contributed by atoms with Crippen LogP contribution < -0.4 is 0 Å². The average Bonchev–Trinajstić information content (AvgIpc) is 2.84. The summed E-state index contributed by atoms with van der Waals surface area (Å²) in [5, 5.41) is 9.06. The maximum atomic E-state index is 12.0. The Hall–Kier alpha value is -1.13. The Morgan fingerprint density at radius 1 is 1.47 bits per heavy atom. The maximum absolute atomic E-state index is 12.0. The first kappa shape index (κ1) is 13.9. The van der Waals surface area contributed by atoms with Gasteiger partial charge in [0.25, 0.3) is 0 Å². The van der Waals surface area contributed by atoms with Crippen molar-refractivity contribution in [1.82, 2.24) is 9.88 Å². The Labute approximate surface area is 103 Å². The molecule has 0 radical (unpaired) electrons. The van der Waals surface area contributed by atoms with Crippen LogP contribution >= 0.6 is 0 Å². The second-order valence-corrected chi connectivity index (χ2v) is 4.17. The Bertz CT molecular complexity index is 318. The molecule has 17 heavy (non-hydrogen) atoms. The van der Waals surface area contributed by atoms with Gasteiger partial charge in [0, 0.05) is 18.8 Å². The van der Waals surface area contributed by atoms with Gasteiger partial charge in [-0.05, 0) is 25.0 Å². The van der Waals surface area contributed by atoms with E-state index in [1.807, 2.05) is 6.07 Å². The molecule has 0 aliphatic heterocycles. The van der Waals surface area contributed by atoms with Crippen LogP contribution in [0.25, 0.3) is 0 Å². The minimum Gasteiger partial charge on any atom is -0.395 e. The lowest BCUT2D eigenvalue weighted by Gasteiger charge is -2.28. The molecule has 0 aromatic carbocycles. The summed E-state index contributed by atoms with van der Waals surface area (Å²) < 4.78 is 0. The molecule has 4 nitrogen and oxygen atoms in total. The number of Topliss-reactive ketones (excluding diaryl/α,β-unsaturated/α-hetero) is 1. The first-order valence-corrected chi connectivity index (χ1v) is 6.24. The van der Waals surface area contributed by atoms with Crippen LogP contribution in [0.1, 0.15) is 37.2 Å². The highest BCUT2D eigenvalue weighted by Gasteiger charge is 2.18. The van der Waals surface area contributed by atoms with Gasteiger partial charge in [0.1, 0.15) is 0 Å². The van der Waals surface area contributed by atoms with Gasteiger partial charge in [-0.1, -0.05) is 13.8 Å². The first-order chi connectivity index (χ1) is 8.22. The third-order valence-corrected chi connectivity index (χ3v) is 3.09. The van der Waals surface area contributed by atoms with Crippen LogP contribution in [0, 0.1) is 0 Å². The van der Waals surface area contributed by atoms with E-state index in [1.165, 1.54) is 0 Å². The summed E-state index contributed by atoms with van der Waals surface area (Å²) in [4.78, 5) is 17.0. The molecule has 0 saturated heterocycles. The van der Waals surface area contributed by atoms with Gasteiger partial charge in [-0.2, -0.15) is 0 Å². The molecule has 0 saturated carbocycles. The lowest BCUT2D eigenvalue weighted by Crippen LogP contribution is -2.40. The molecule has 0 atom stereocenters. The molecule has 0 fully saturated rings. The largest absolute Gasteiger partial charge is 0.395 e. The van der Waals surface area contributed by atoms with Gasteiger partial charge in [0.15, 0.2) is 5.78 Å². The molecule has 4 heteroatoms. The number of hydrogen-bond acceptors (Lipinski definition) is 3. The Morgan fingerprint density at radius 2 is 2.18 bits per heavy atom. The molecule has 2 N–H and O–H groups in total. The topological polar surface area (TPSA) is 56.3 Å². The summed E-state index contributed by atoms with van der Waals surface area (Å²) >= 11 is 0. The highest BCUT2D eigenvalue weighted by Crippen LogP contribution is 2.09. The quantitative estimate of drug-likeness (QED) is 0.677. The summed E-state index contributed by atoms with van der Waals surface area (Å²) in [6, 6.07) is 3.97. The zero-order valence-electron chi connectivity index (χ0n) is 10.6. The Kier molecular flexibility index (Phi) is 5.94. The summed E-state index contributed by atoms with van der Waals surface area (Å²) in [7, 11) is 0. The van der Waals surface area contributed by atoms with Crippen LogP contribution in [0.5, 0.6) is 0 Å². The molecule has 1 aromatic heterocycles. The lowest BCUT2D eigenvalue weighted by atomic mass is 10.1. The molecule has 96 valence electrons. The number of aliphatic hydroxyl groups excluding tert-OH is 1. The fourth-order valence-electron chi connectivity index (χ4n) is 2.10. The highest BCUT2D eigenvalue weighted by atomic mass is 16.3. The minimum absolute atomic E-state index is 0.0790. The number of aliphatic hydroxyl groups is 1. The van der Waals surface area contributed by atoms with Gasteiger partial charge in [-0.15, -0.1) is 0 Å². The third-order valence-electron chi connectivity index (χ3n) is 3.09. The van der Waals surface area contributed by atoms with E-state index in [4.69, 9.17) is 5.11 Å². The van der Waals surface area contributed by atoms with Gasteiger partial charge in [-0.25, -0.2) is 0 Å². The second-order valence-electron chi connectivity index (χ2n) is 4.17. The number of hydrogen-bond donors (Lipinski definition) is 2. The van der Waals surface area contributed by atoms with Gasteiger partial charge in [0.05, 0.1) is 18.8 Å². The molecule has 0 amide bonds. The zero-order valence-corrected chi connectivity index (χ0v) is 10.6. The number of carbonyl (C=O) groups excluding carboxylic acids is 1. The molecule has 0 spiro atoms. The van der Waals surface area contributed by atoms with Crippen LogP contribution in [-0.4, -0.2) is 46.5 Å². The minimum atomic E-state index is 0.0790. The van der Waals surface area contributed by atoms with Crippen molar-refractivity contribution in [3.05, 3.63) is 24.0 Å². The predicted octanol–water partition coefficient (Wildman–Crippen LogP) is 1.68. The average molecular weight is 238 g/mol. The molecule has 1 heterocycles. The number of nitrogens with zero attached hydrogens (tertiary/aromatic N) is 1. The Balaban J connectivity index is 2.63. The monoisotopic (exact) mass is 238 g/mol. The highest BCUT2D eigenvalue weighted by molar-refractivity contribution is 5.95. The molecular weight excluding hydrogens is 216 g/mol. The van der Waals surface area contributed by atoms with E-state index < -0.39 is 0 Å².